The van der Waals surface area contributed by atoms with Gasteiger partial charge in [0.15, 0.2) is 0 Å². The van der Waals surface area contributed by atoms with Gasteiger partial charge in [0, 0.05) is 41.2 Å². The number of nitrogens with one attached hydrogen (secondary N) is 1. The molecular formula is C11H17ClN2OS. The molecule has 2 unspecified atom stereocenters. The second-order valence-corrected chi connectivity index (χ2v) is 5.95. The molecule has 5 heteroatoms. The van der Waals surface area contributed by atoms with E-state index >= 15 is 0 Å². The highest BCUT2D eigenvalue weighted by Gasteiger charge is 2.05. The largest absolute Gasteiger partial charge is 0.313 e. The number of nitrogens with zero attached hydrogens (tertiary/aromatic N) is 1. The van der Waals surface area contributed by atoms with Crippen LogP contribution in [0.15, 0.2) is 18.5 Å². The summed E-state index contributed by atoms with van der Waals surface area (Å²) in [6.07, 6.45) is 6.02. The molecule has 0 spiro atoms. The zero-order chi connectivity index (χ0) is 12.0. The fraction of sp³-hybridized carbons (Fsp3) is 0.545. The molecule has 0 aliphatic carbocycles. The first-order valence-electron chi connectivity index (χ1n) is 5.22. The average Bonchev–Trinajstić information content (AvgIpc) is 2.26. The van der Waals surface area contributed by atoms with Crippen molar-refractivity contribution in [1.82, 2.24) is 10.3 Å². The monoisotopic (exact) mass is 260 g/mol. The second kappa shape index (κ2) is 6.99. The summed E-state index contributed by atoms with van der Waals surface area (Å²) >= 11 is 5.97. The van der Waals surface area contributed by atoms with Crippen LogP contribution < -0.4 is 5.32 Å². The van der Waals surface area contributed by atoms with Crippen LogP contribution in [-0.2, 0) is 17.3 Å². The Balaban J connectivity index is 2.26. The fourth-order valence-electron chi connectivity index (χ4n) is 1.24. The van der Waals surface area contributed by atoms with Gasteiger partial charge in [-0.3, -0.25) is 9.19 Å². The summed E-state index contributed by atoms with van der Waals surface area (Å²) in [6.45, 7) is 3.57. The standard InChI is InChI=1S/C11H17ClN2OS/c1-9(16(2)15)3-5-13-7-10-4-6-14-8-11(10)12/h4,6,8-9,13H,3,5,7H2,1-2H3. The number of aromatic nitrogens is 1. The molecule has 0 aliphatic rings. The fourth-order valence-corrected chi connectivity index (χ4v) is 1.88. The lowest BCUT2D eigenvalue weighted by molar-refractivity contribution is 0.628. The highest BCUT2D eigenvalue weighted by Crippen LogP contribution is 2.12. The molecule has 1 heterocycles. The van der Waals surface area contributed by atoms with Crippen LogP contribution in [0.4, 0.5) is 0 Å². The van der Waals surface area contributed by atoms with Gasteiger partial charge in [-0.25, -0.2) is 0 Å². The van der Waals surface area contributed by atoms with Gasteiger partial charge in [0.25, 0.3) is 0 Å². The van der Waals surface area contributed by atoms with Gasteiger partial charge in [0.2, 0.25) is 0 Å². The Hall–Kier alpha value is -0.450. The van der Waals surface area contributed by atoms with Crippen molar-refractivity contribution in [3.8, 4) is 0 Å². The maximum absolute atomic E-state index is 11.1. The van der Waals surface area contributed by atoms with Crippen LogP contribution in [0.25, 0.3) is 0 Å². The van der Waals surface area contributed by atoms with E-state index in [1.807, 2.05) is 13.0 Å². The maximum atomic E-state index is 11.1. The number of pyridine rings is 1. The lowest BCUT2D eigenvalue weighted by Gasteiger charge is -2.09. The molecule has 0 saturated carbocycles. The van der Waals surface area contributed by atoms with Gasteiger partial charge in [0.1, 0.15) is 0 Å². The van der Waals surface area contributed by atoms with E-state index in [1.54, 1.807) is 18.6 Å². The molecule has 1 rings (SSSR count). The van der Waals surface area contributed by atoms with Gasteiger partial charge >= 0.3 is 0 Å². The molecule has 1 aromatic rings. The maximum Gasteiger partial charge on any atom is 0.0634 e. The van der Waals surface area contributed by atoms with E-state index in [4.69, 9.17) is 11.6 Å². The van der Waals surface area contributed by atoms with Crippen LogP contribution in [0.5, 0.6) is 0 Å². The Bertz CT molecular complexity index is 360. The van der Waals surface area contributed by atoms with Crippen LogP contribution in [0.3, 0.4) is 0 Å². The van der Waals surface area contributed by atoms with Gasteiger partial charge in [-0.05, 0) is 24.6 Å². The third-order valence-electron chi connectivity index (χ3n) is 2.47. The highest BCUT2D eigenvalue weighted by molar-refractivity contribution is 7.84. The molecule has 90 valence electrons. The van der Waals surface area contributed by atoms with E-state index in [0.717, 1.165) is 25.1 Å². The molecule has 0 fully saturated rings. The number of hydrogen-bond donors (Lipinski definition) is 1. The molecule has 0 aromatic carbocycles. The van der Waals surface area contributed by atoms with E-state index in [1.165, 1.54) is 0 Å². The molecule has 0 amide bonds. The predicted molar refractivity (Wildman–Crippen MR) is 69.1 cm³/mol. The van der Waals surface area contributed by atoms with Crippen LogP contribution in [0, 0.1) is 0 Å². The van der Waals surface area contributed by atoms with E-state index < -0.39 is 10.8 Å². The lowest BCUT2D eigenvalue weighted by atomic mass is 10.2. The lowest BCUT2D eigenvalue weighted by Crippen LogP contribution is -2.21. The minimum absolute atomic E-state index is 0.236. The van der Waals surface area contributed by atoms with E-state index in [0.29, 0.717) is 5.02 Å². The Morgan fingerprint density at radius 2 is 2.38 bits per heavy atom. The number of rotatable bonds is 6. The zero-order valence-corrected chi connectivity index (χ0v) is 11.1. The quantitative estimate of drug-likeness (QED) is 0.796. The Kier molecular flexibility index (Phi) is 5.95. The number of halogens is 1. The van der Waals surface area contributed by atoms with E-state index in [-0.39, 0.29) is 5.25 Å². The molecular weight excluding hydrogens is 244 g/mol. The normalized spacial score (nSPS) is 14.7. The molecule has 0 bridgehead atoms. The first kappa shape index (κ1) is 13.6. The smallest absolute Gasteiger partial charge is 0.0634 e. The predicted octanol–water partition coefficient (Wildman–Crippen LogP) is 1.98. The first-order valence-corrected chi connectivity index (χ1v) is 7.22. The minimum Gasteiger partial charge on any atom is -0.313 e. The van der Waals surface area contributed by atoms with Gasteiger partial charge < -0.3 is 5.32 Å². The van der Waals surface area contributed by atoms with Gasteiger partial charge in [-0.2, -0.15) is 0 Å². The average molecular weight is 261 g/mol. The summed E-state index contributed by atoms with van der Waals surface area (Å²) < 4.78 is 11.1. The summed E-state index contributed by atoms with van der Waals surface area (Å²) in [5.41, 5.74) is 1.04. The minimum atomic E-state index is -0.739. The molecule has 3 nitrogen and oxygen atoms in total. The van der Waals surface area contributed by atoms with Crippen molar-refractivity contribution in [1.29, 1.82) is 0 Å². The summed E-state index contributed by atoms with van der Waals surface area (Å²) in [5.74, 6) is 0. The topological polar surface area (TPSA) is 42.0 Å². The van der Waals surface area contributed by atoms with Crippen molar-refractivity contribution in [3.63, 3.8) is 0 Å². The van der Waals surface area contributed by atoms with E-state index in [2.05, 4.69) is 10.3 Å². The SMILES string of the molecule is CC(CCNCc1ccncc1Cl)S(C)=O. The highest BCUT2D eigenvalue weighted by atomic mass is 35.5. The molecule has 1 N–H and O–H groups in total. The van der Waals surface area contributed by atoms with Gasteiger partial charge in [0.05, 0.1) is 5.02 Å². The summed E-state index contributed by atoms with van der Waals surface area (Å²) in [6, 6.07) is 1.90. The van der Waals surface area contributed by atoms with Crippen molar-refractivity contribution in [3.05, 3.63) is 29.0 Å². The zero-order valence-electron chi connectivity index (χ0n) is 9.57. The van der Waals surface area contributed by atoms with Crippen LogP contribution in [0.2, 0.25) is 5.02 Å². The summed E-state index contributed by atoms with van der Waals surface area (Å²) in [5, 5.41) is 4.20. The van der Waals surface area contributed by atoms with Gasteiger partial charge in [-0.1, -0.05) is 18.5 Å². The van der Waals surface area contributed by atoms with Gasteiger partial charge in [-0.15, -0.1) is 0 Å². The molecule has 0 radical (unpaired) electrons. The van der Waals surface area contributed by atoms with Crippen molar-refractivity contribution in [2.45, 2.75) is 25.1 Å². The number of hydrogen-bond acceptors (Lipinski definition) is 3. The summed E-state index contributed by atoms with van der Waals surface area (Å²) in [4.78, 5) is 3.92. The second-order valence-electron chi connectivity index (χ2n) is 3.74. The third kappa shape index (κ3) is 4.60. The van der Waals surface area contributed by atoms with Crippen LogP contribution >= 0.6 is 11.6 Å². The third-order valence-corrected chi connectivity index (χ3v) is 4.18. The Morgan fingerprint density at radius 1 is 1.62 bits per heavy atom. The molecule has 0 saturated heterocycles. The molecule has 1 aromatic heterocycles. The van der Waals surface area contributed by atoms with Crippen molar-refractivity contribution in [2.75, 3.05) is 12.8 Å². The van der Waals surface area contributed by atoms with Crippen LogP contribution in [0.1, 0.15) is 18.9 Å². The van der Waals surface area contributed by atoms with Crippen molar-refractivity contribution >= 4 is 22.4 Å². The van der Waals surface area contributed by atoms with E-state index in [9.17, 15) is 4.21 Å². The Morgan fingerprint density at radius 3 is 3.00 bits per heavy atom. The van der Waals surface area contributed by atoms with Crippen molar-refractivity contribution < 1.29 is 4.21 Å². The Labute approximate surface area is 104 Å². The van der Waals surface area contributed by atoms with Crippen LogP contribution in [-0.4, -0.2) is 27.2 Å². The molecule has 0 aliphatic heterocycles. The first-order chi connectivity index (χ1) is 7.61. The summed E-state index contributed by atoms with van der Waals surface area (Å²) in [7, 11) is -0.739. The molecule has 16 heavy (non-hydrogen) atoms. The molecule has 2 atom stereocenters. The van der Waals surface area contributed by atoms with Crippen molar-refractivity contribution in [2.24, 2.45) is 0 Å².